The maximum Gasteiger partial charge on any atom is 1.00 e. The molecule has 2 aromatic carbocycles. The van der Waals surface area contributed by atoms with Crippen LogP contribution in [0.25, 0.3) is 0 Å². The fraction of sp³-hybridized carbons (Fsp3) is 0. The molecular weight excluding hydrogens is 221 g/mol. The molecule has 0 aliphatic rings. The standard InChI is InChI=1S/C6H4F2.C6H6O.Na.H/c7-5-1-2-6(8)4-3-5;7-6-4-2-1-3-5-6;;/h1-4H;1-5,7H;;/q;;+1;-1. The minimum Gasteiger partial charge on any atom is -1.00 e. The summed E-state index contributed by atoms with van der Waals surface area (Å²) < 4.78 is 23.8. The first kappa shape index (κ1) is 15.1. The average Bonchev–Trinajstić information content (AvgIpc) is 2.25. The van der Waals surface area contributed by atoms with E-state index in [0.29, 0.717) is 5.75 Å². The van der Waals surface area contributed by atoms with Crippen LogP contribution < -0.4 is 29.6 Å². The van der Waals surface area contributed by atoms with Gasteiger partial charge in [-0.15, -0.1) is 0 Å². The quantitative estimate of drug-likeness (QED) is 0.655. The Morgan fingerprint density at radius 3 is 1.38 bits per heavy atom. The van der Waals surface area contributed by atoms with E-state index in [0.717, 1.165) is 24.3 Å². The van der Waals surface area contributed by atoms with Crippen molar-refractivity contribution in [3.05, 3.63) is 66.2 Å². The van der Waals surface area contributed by atoms with E-state index < -0.39 is 11.6 Å². The third-order valence-electron chi connectivity index (χ3n) is 1.56. The Morgan fingerprint density at radius 2 is 1.12 bits per heavy atom. The number of para-hydroxylation sites is 1. The fourth-order valence-corrected chi connectivity index (χ4v) is 0.858. The van der Waals surface area contributed by atoms with Crippen LogP contribution in [-0.4, -0.2) is 5.11 Å². The van der Waals surface area contributed by atoms with Gasteiger partial charge in [-0.05, 0) is 36.4 Å². The molecule has 1 nitrogen and oxygen atoms in total. The van der Waals surface area contributed by atoms with Gasteiger partial charge < -0.3 is 6.53 Å². The minimum absolute atomic E-state index is 0. The number of aromatic hydroxyl groups is 1. The molecule has 16 heavy (non-hydrogen) atoms. The average molecular weight is 232 g/mol. The molecule has 0 saturated carbocycles. The molecular formula is C12H11F2NaO. The molecule has 0 amide bonds. The Kier molecular flexibility index (Phi) is 7.81. The molecule has 2 aromatic rings. The van der Waals surface area contributed by atoms with E-state index in [-0.39, 0.29) is 31.0 Å². The normalized spacial score (nSPS) is 8.38. The summed E-state index contributed by atoms with van der Waals surface area (Å²) in [5, 5.41) is 8.63. The van der Waals surface area contributed by atoms with Gasteiger partial charge in [0, 0.05) is 0 Å². The van der Waals surface area contributed by atoms with Gasteiger partial charge in [0.05, 0.1) is 0 Å². The SMILES string of the molecule is Fc1ccc(F)cc1.Oc1ccccc1.[H-].[Na+]. The maximum atomic E-state index is 11.9. The summed E-state index contributed by atoms with van der Waals surface area (Å²) in [5.74, 6) is -0.500. The van der Waals surface area contributed by atoms with Crippen molar-refractivity contribution in [3.63, 3.8) is 0 Å². The Labute approximate surface area is 117 Å². The van der Waals surface area contributed by atoms with Gasteiger partial charge in [-0.1, -0.05) is 18.2 Å². The van der Waals surface area contributed by atoms with Gasteiger partial charge >= 0.3 is 29.6 Å². The van der Waals surface area contributed by atoms with Crippen molar-refractivity contribution >= 4 is 0 Å². The molecule has 0 aromatic heterocycles. The van der Waals surface area contributed by atoms with E-state index in [2.05, 4.69) is 0 Å². The summed E-state index contributed by atoms with van der Waals surface area (Å²) in [5.41, 5.74) is 0. The van der Waals surface area contributed by atoms with Crippen molar-refractivity contribution in [1.29, 1.82) is 0 Å². The van der Waals surface area contributed by atoms with Crippen LogP contribution in [-0.2, 0) is 0 Å². The van der Waals surface area contributed by atoms with Gasteiger partial charge in [-0.3, -0.25) is 0 Å². The Morgan fingerprint density at radius 1 is 0.750 bits per heavy atom. The number of benzene rings is 2. The van der Waals surface area contributed by atoms with E-state index in [4.69, 9.17) is 5.11 Å². The van der Waals surface area contributed by atoms with E-state index in [1.165, 1.54) is 0 Å². The number of halogens is 2. The summed E-state index contributed by atoms with van der Waals surface area (Å²) in [6.45, 7) is 0. The molecule has 80 valence electrons. The first-order valence-corrected chi connectivity index (χ1v) is 4.33. The molecule has 0 heterocycles. The topological polar surface area (TPSA) is 20.2 Å². The van der Waals surface area contributed by atoms with Gasteiger partial charge in [0.25, 0.3) is 0 Å². The summed E-state index contributed by atoms with van der Waals surface area (Å²) in [7, 11) is 0. The first-order chi connectivity index (χ1) is 7.18. The number of rotatable bonds is 0. The van der Waals surface area contributed by atoms with E-state index in [1.807, 2.05) is 6.07 Å². The number of phenols is 1. The van der Waals surface area contributed by atoms with Gasteiger partial charge in [-0.25, -0.2) is 8.78 Å². The largest absolute Gasteiger partial charge is 1.00 e. The van der Waals surface area contributed by atoms with E-state index in [1.54, 1.807) is 24.3 Å². The molecule has 0 aliphatic heterocycles. The molecule has 0 saturated heterocycles. The molecule has 0 radical (unpaired) electrons. The minimum atomic E-state index is -0.411. The third kappa shape index (κ3) is 6.56. The van der Waals surface area contributed by atoms with Crippen LogP contribution in [0.2, 0.25) is 0 Å². The number of hydrogen-bond donors (Lipinski definition) is 1. The van der Waals surface area contributed by atoms with Crippen LogP contribution in [0.1, 0.15) is 1.43 Å². The first-order valence-electron chi connectivity index (χ1n) is 4.33. The van der Waals surface area contributed by atoms with Gasteiger partial charge in [0.15, 0.2) is 0 Å². The molecule has 1 N–H and O–H groups in total. The summed E-state index contributed by atoms with van der Waals surface area (Å²) >= 11 is 0. The molecule has 2 rings (SSSR count). The molecule has 0 spiro atoms. The van der Waals surface area contributed by atoms with Crippen molar-refractivity contribution in [2.75, 3.05) is 0 Å². The number of phenolic OH excluding ortho intramolecular Hbond substituents is 1. The van der Waals surface area contributed by atoms with Crippen molar-refractivity contribution in [2.45, 2.75) is 0 Å². The molecule has 0 atom stereocenters. The zero-order chi connectivity index (χ0) is 11.1. The molecule has 0 fully saturated rings. The van der Waals surface area contributed by atoms with Crippen molar-refractivity contribution in [3.8, 4) is 5.75 Å². The van der Waals surface area contributed by atoms with Crippen LogP contribution in [0.4, 0.5) is 8.78 Å². The summed E-state index contributed by atoms with van der Waals surface area (Å²) in [6.07, 6.45) is 0. The third-order valence-corrected chi connectivity index (χ3v) is 1.56. The van der Waals surface area contributed by atoms with Crippen LogP contribution in [0.15, 0.2) is 54.6 Å². The smallest absolute Gasteiger partial charge is 1.00 e. The molecule has 0 unspecified atom stereocenters. The molecule has 0 bridgehead atoms. The summed E-state index contributed by atoms with van der Waals surface area (Å²) in [4.78, 5) is 0. The second kappa shape index (κ2) is 8.28. The second-order valence-corrected chi connectivity index (χ2v) is 2.77. The van der Waals surface area contributed by atoms with Gasteiger partial charge in [0.1, 0.15) is 17.4 Å². The van der Waals surface area contributed by atoms with Crippen molar-refractivity contribution in [2.24, 2.45) is 0 Å². The number of hydrogen-bond acceptors (Lipinski definition) is 1. The Balaban J connectivity index is 0. The van der Waals surface area contributed by atoms with E-state index >= 15 is 0 Å². The van der Waals surface area contributed by atoms with Gasteiger partial charge in [0.2, 0.25) is 0 Å². The van der Waals surface area contributed by atoms with Crippen molar-refractivity contribution < 1.29 is 44.9 Å². The van der Waals surface area contributed by atoms with Crippen LogP contribution in [0.5, 0.6) is 5.75 Å². The van der Waals surface area contributed by atoms with Crippen LogP contribution >= 0.6 is 0 Å². The van der Waals surface area contributed by atoms with Gasteiger partial charge in [-0.2, -0.15) is 0 Å². The predicted octanol–water partition coefficient (Wildman–Crippen LogP) is 0.473. The van der Waals surface area contributed by atoms with Crippen LogP contribution in [0, 0.1) is 11.6 Å². The Hall–Kier alpha value is -0.900. The fourth-order valence-electron chi connectivity index (χ4n) is 0.858. The van der Waals surface area contributed by atoms with Crippen LogP contribution in [0.3, 0.4) is 0 Å². The predicted molar refractivity (Wildman–Crippen MR) is 55.6 cm³/mol. The zero-order valence-corrected chi connectivity index (χ0v) is 10.9. The van der Waals surface area contributed by atoms with E-state index in [9.17, 15) is 8.78 Å². The van der Waals surface area contributed by atoms with Crippen molar-refractivity contribution in [1.82, 2.24) is 0 Å². The molecule has 4 heteroatoms. The Bertz CT molecular complexity index is 374. The second-order valence-electron chi connectivity index (χ2n) is 2.77. The monoisotopic (exact) mass is 232 g/mol. The molecule has 0 aliphatic carbocycles. The zero-order valence-electron chi connectivity index (χ0n) is 9.90. The summed E-state index contributed by atoms with van der Waals surface area (Å²) in [6, 6.07) is 13.0. The maximum absolute atomic E-state index is 11.9.